The molecule has 5 unspecified atom stereocenters. The Hall–Kier alpha value is -3.71. The lowest BCUT2D eigenvalue weighted by Crippen LogP contribution is -2.52. The van der Waals surface area contributed by atoms with Crippen LogP contribution in [0.5, 0.6) is 23.0 Å². The Morgan fingerprint density at radius 2 is 1.79 bits per heavy atom. The molecular formula is C35H40O7. The van der Waals surface area contributed by atoms with Gasteiger partial charge in [-0.3, -0.25) is 4.79 Å². The fraction of sp³-hybridized carbons (Fsp3) is 0.457. The van der Waals surface area contributed by atoms with Crippen molar-refractivity contribution in [2.75, 3.05) is 0 Å². The molecule has 3 aliphatic rings. The first-order valence-corrected chi connectivity index (χ1v) is 14.8. The number of allylic oxidation sites excluding steroid dienone is 2. The monoisotopic (exact) mass is 572 g/mol. The van der Waals surface area contributed by atoms with E-state index < -0.39 is 17.5 Å². The molecule has 7 nitrogen and oxygen atoms in total. The van der Waals surface area contributed by atoms with Crippen molar-refractivity contribution < 1.29 is 29.9 Å². The Balaban J connectivity index is 1.48. The van der Waals surface area contributed by atoms with Crippen LogP contribution in [0.1, 0.15) is 76.8 Å². The molecule has 0 radical (unpaired) electrons. The molecule has 0 bridgehead atoms. The molecule has 1 heterocycles. The second kappa shape index (κ2) is 9.66. The fourth-order valence-corrected chi connectivity index (χ4v) is 8.65. The zero-order valence-corrected chi connectivity index (χ0v) is 24.7. The van der Waals surface area contributed by atoms with Crippen molar-refractivity contribution in [2.24, 2.45) is 22.7 Å². The number of aliphatic hydroxyl groups is 1. The van der Waals surface area contributed by atoms with Gasteiger partial charge in [0.15, 0.2) is 0 Å². The van der Waals surface area contributed by atoms with E-state index >= 15 is 0 Å². The second-order valence-corrected chi connectivity index (χ2v) is 13.7. The fourth-order valence-electron chi connectivity index (χ4n) is 8.65. The molecule has 1 aromatic heterocycles. The highest BCUT2D eigenvalue weighted by molar-refractivity contribution is 5.89. The van der Waals surface area contributed by atoms with Crippen molar-refractivity contribution in [2.45, 2.75) is 78.2 Å². The standard InChI is InChI=1S/C35H40O7/c1-17(7-8-22-18(2)25(39)16-28-34(3,4)11-6-12-35(22,28)5)20-15-21-23(37)9-10-24(38)29(21)33-30(20)32(41)31-26(40)13-19(36)14-27(31)42-33/h7,9-10,13-14,20,22,25,28,36-40H,2,6,8,11-12,15-16H2,1,3-5H3. The van der Waals surface area contributed by atoms with Gasteiger partial charge in [-0.15, -0.1) is 0 Å². The van der Waals surface area contributed by atoms with Gasteiger partial charge in [-0.1, -0.05) is 45.4 Å². The predicted molar refractivity (Wildman–Crippen MR) is 162 cm³/mol. The predicted octanol–water partition coefficient (Wildman–Crippen LogP) is 7.03. The summed E-state index contributed by atoms with van der Waals surface area (Å²) in [4.78, 5) is 14.0. The van der Waals surface area contributed by atoms with Crippen LogP contribution in [0, 0.1) is 22.7 Å². The molecule has 2 saturated carbocycles. The Morgan fingerprint density at radius 3 is 2.52 bits per heavy atom. The summed E-state index contributed by atoms with van der Waals surface area (Å²) in [5, 5.41) is 53.3. The minimum Gasteiger partial charge on any atom is -0.508 e. The first-order chi connectivity index (χ1) is 19.7. The number of rotatable bonds is 3. The number of aromatic hydroxyl groups is 4. The molecule has 5 N–H and O–H groups in total. The normalized spacial score (nSPS) is 28.7. The van der Waals surface area contributed by atoms with E-state index in [9.17, 15) is 30.3 Å². The summed E-state index contributed by atoms with van der Waals surface area (Å²) in [7, 11) is 0. The van der Waals surface area contributed by atoms with Crippen LogP contribution in [-0.4, -0.2) is 31.6 Å². The molecule has 0 saturated heterocycles. The van der Waals surface area contributed by atoms with Gasteiger partial charge in [0.05, 0.1) is 17.2 Å². The molecule has 0 amide bonds. The van der Waals surface area contributed by atoms with Crippen molar-refractivity contribution >= 4 is 11.0 Å². The molecule has 6 rings (SSSR count). The molecule has 3 aromatic rings. The number of hydrogen-bond donors (Lipinski definition) is 5. The summed E-state index contributed by atoms with van der Waals surface area (Å²) >= 11 is 0. The summed E-state index contributed by atoms with van der Waals surface area (Å²) in [5.74, 6) is -0.769. The van der Waals surface area contributed by atoms with Crippen LogP contribution in [0.15, 0.2) is 57.3 Å². The third-order valence-corrected chi connectivity index (χ3v) is 10.9. The van der Waals surface area contributed by atoms with E-state index in [2.05, 4.69) is 33.4 Å². The van der Waals surface area contributed by atoms with Gasteiger partial charge in [0, 0.05) is 23.6 Å². The molecular weight excluding hydrogens is 532 g/mol. The number of phenols is 4. The smallest absolute Gasteiger partial charge is 0.200 e. The molecule has 5 atom stereocenters. The van der Waals surface area contributed by atoms with Crippen LogP contribution in [0.4, 0.5) is 0 Å². The Labute approximate surface area is 245 Å². The van der Waals surface area contributed by atoms with Crippen molar-refractivity contribution in [3.8, 4) is 34.3 Å². The summed E-state index contributed by atoms with van der Waals surface area (Å²) in [6.07, 6.45) is 6.52. The van der Waals surface area contributed by atoms with Gasteiger partial charge in [-0.25, -0.2) is 0 Å². The Bertz CT molecular complexity index is 1710. The van der Waals surface area contributed by atoms with E-state index in [1.165, 1.54) is 18.2 Å². The first kappa shape index (κ1) is 28.4. The van der Waals surface area contributed by atoms with E-state index in [4.69, 9.17) is 4.42 Å². The highest BCUT2D eigenvalue weighted by Crippen LogP contribution is 2.62. The van der Waals surface area contributed by atoms with Crippen LogP contribution < -0.4 is 5.43 Å². The number of hydrogen-bond acceptors (Lipinski definition) is 7. The average molecular weight is 573 g/mol. The Kier molecular flexibility index (Phi) is 6.54. The van der Waals surface area contributed by atoms with Gasteiger partial charge in [0.2, 0.25) is 5.43 Å². The van der Waals surface area contributed by atoms with E-state index in [-0.39, 0.29) is 74.0 Å². The topological polar surface area (TPSA) is 131 Å². The van der Waals surface area contributed by atoms with E-state index in [0.717, 1.165) is 42.9 Å². The zero-order chi connectivity index (χ0) is 30.3. The lowest BCUT2D eigenvalue weighted by molar-refractivity contribution is -0.0809. The van der Waals surface area contributed by atoms with Crippen LogP contribution >= 0.6 is 0 Å². The van der Waals surface area contributed by atoms with Crippen LogP contribution in [0.25, 0.3) is 22.3 Å². The van der Waals surface area contributed by atoms with Gasteiger partial charge in [-0.2, -0.15) is 0 Å². The van der Waals surface area contributed by atoms with Crippen molar-refractivity contribution in [3.05, 3.63) is 69.4 Å². The molecule has 222 valence electrons. The first-order valence-electron chi connectivity index (χ1n) is 14.8. The largest absolute Gasteiger partial charge is 0.508 e. The molecule has 42 heavy (non-hydrogen) atoms. The van der Waals surface area contributed by atoms with Crippen LogP contribution in [-0.2, 0) is 6.42 Å². The highest BCUT2D eigenvalue weighted by atomic mass is 16.3. The molecule has 7 heteroatoms. The summed E-state index contributed by atoms with van der Waals surface area (Å²) in [6.45, 7) is 13.3. The van der Waals surface area contributed by atoms with Gasteiger partial charge >= 0.3 is 0 Å². The molecule has 3 aliphatic carbocycles. The zero-order valence-electron chi connectivity index (χ0n) is 24.7. The SMILES string of the molecule is C=C1C(O)CC2C(C)(C)CCCC2(C)C1CC=C(C)C1Cc2c(O)ccc(O)c2-c2oc3cc(O)cc(O)c3c(=O)c21. The quantitative estimate of drug-likeness (QED) is 0.168. The minimum absolute atomic E-state index is 0.0149. The van der Waals surface area contributed by atoms with Crippen molar-refractivity contribution in [1.29, 1.82) is 0 Å². The highest BCUT2D eigenvalue weighted by Gasteiger charge is 2.54. The molecule has 0 aliphatic heterocycles. The lowest BCUT2D eigenvalue weighted by atomic mass is 9.46. The van der Waals surface area contributed by atoms with E-state index in [1.54, 1.807) is 0 Å². The lowest BCUT2D eigenvalue weighted by Gasteiger charge is -2.59. The maximum atomic E-state index is 14.0. The van der Waals surface area contributed by atoms with Gasteiger partial charge in [-0.05, 0) is 79.4 Å². The summed E-state index contributed by atoms with van der Waals surface area (Å²) < 4.78 is 6.14. The van der Waals surface area contributed by atoms with E-state index in [0.29, 0.717) is 17.9 Å². The summed E-state index contributed by atoms with van der Waals surface area (Å²) in [5.41, 5.74) is 2.38. The van der Waals surface area contributed by atoms with Crippen LogP contribution in [0.3, 0.4) is 0 Å². The average Bonchev–Trinajstić information content (AvgIpc) is 2.90. The number of fused-ring (bicyclic) bond motifs is 5. The van der Waals surface area contributed by atoms with Crippen LogP contribution in [0.2, 0.25) is 0 Å². The number of aliphatic hydroxyl groups excluding tert-OH is 1. The third kappa shape index (κ3) is 4.16. The Morgan fingerprint density at radius 1 is 1.07 bits per heavy atom. The van der Waals surface area contributed by atoms with E-state index in [1.807, 2.05) is 6.92 Å². The van der Waals surface area contributed by atoms with Crippen molar-refractivity contribution in [1.82, 2.24) is 0 Å². The molecule has 0 spiro atoms. The second-order valence-electron chi connectivity index (χ2n) is 13.7. The molecule has 2 fully saturated rings. The number of benzene rings is 2. The third-order valence-electron chi connectivity index (χ3n) is 10.9. The van der Waals surface area contributed by atoms with Gasteiger partial charge < -0.3 is 29.9 Å². The number of phenolic OH excluding ortho intramolecular Hbond substituents is 4. The maximum absolute atomic E-state index is 14.0. The molecule has 2 aromatic carbocycles. The van der Waals surface area contributed by atoms with Gasteiger partial charge in [0.25, 0.3) is 0 Å². The maximum Gasteiger partial charge on any atom is 0.200 e. The minimum atomic E-state index is -0.556. The summed E-state index contributed by atoms with van der Waals surface area (Å²) in [6, 6.07) is 5.14. The van der Waals surface area contributed by atoms with Crippen molar-refractivity contribution in [3.63, 3.8) is 0 Å². The van der Waals surface area contributed by atoms with Gasteiger partial charge in [0.1, 0.15) is 39.7 Å².